The number of rotatable bonds is 5. The Kier molecular flexibility index (Phi) is 4.51. The van der Waals surface area contributed by atoms with Crippen molar-refractivity contribution < 1.29 is 9.21 Å². The van der Waals surface area contributed by atoms with E-state index in [-0.39, 0.29) is 23.8 Å². The molecule has 6 N–H and O–H groups in total. The highest BCUT2D eigenvalue weighted by Crippen LogP contribution is 2.15. The van der Waals surface area contributed by atoms with Crippen LogP contribution in [0.2, 0.25) is 0 Å². The quantitative estimate of drug-likeness (QED) is 0.398. The molecule has 10 nitrogen and oxygen atoms in total. The van der Waals surface area contributed by atoms with Crippen molar-refractivity contribution in [2.45, 2.75) is 0 Å². The molecule has 0 aliphatic heterocycles. The number of anilines is 4. The van der Waals surface area contributed by atoms with E-state index in [2.05, 4.69) is 30.8 Å². The Morgan fingerprint density at radius 3 is 2.44 bits per heavy atom. The largest absolute Gasteiger partial charge is 0.463 e. The van der Waals surface area contributed by atoms with E-state index in [1.165, 1.54) is 12.5 Å². The Morgan fingerprint density at radius 2 is 1.80 bits per heavy atom. The number of aromatic nitrogens is 3. The number of carbonyl (C=O) groups is 1. The number of nitrogens with two attached hydrogens (primary N) is 2. The summed E-state index contributed by atoms with van der Waals surface area (Å²) in [4.78, 5) is 23.5. The van der Waals surface area contributed by atoms with E-state index in [0.717, 1.165) is 0 Å². The van der Waals surface area contributed by atoms with Gasteiger partial charge in [0.15, 0.2) is 0 Å². The molecule has 25 heavy (non-hydrogen) atoms. The smallest absolute Gasteiger partial charge is 0.271 e. The number of nitrogen functional groups attached to an aromatic ring is 2. The maximum absolute atomic E-state index is 12.0. The third-order valence-electron chi connectivity index (χ3n) is 2.97. The first-order valence-electron chi connectivity index (χ1n) is 7.11. The number of carbonyl (C=O) groups excluding carboxylic acids is 1. The molecule has 0 saturated heterocycles. The van der Waals surface area contributed by atoms with E-state index in [4.69, 9.17) is 15.9 Å². The zero-order valence-electron chi connectivity index (χ0n) is 12.9. The zero-order chi connectivity index (χ0) is 17.6. The number of amides is 1. The maximum atomic E-state index is 12.0. The zero-order valence-corrected chi connectivity index (χ0v) is 12.9. The SMILES string of the molecule is Nc1nc(N)nc(Nc2ccc(C(=O)N/N=C/c3ccco3)cc2)n1. The molecule has 2 aromatic heterocycles. The van der Waals surface area contributed by atoms with Gasteiger partial charge in [-0.3, -0.25) is 4.79 Å². The van der Waals surface area contributed by atoms with Crippen molar-refractivity contribution in [1.82, 2.24) is 20.4 Å². The average molecular weight is 338 g/mol. The van der Waals surface area contributed by atoms with Gasteiger partial charge in [-0.15, -0.1) is 0 Å². The van der Waals surface area contributed by atoms with Crippen LogP contribution in [0.5, 0.6) is 0 Å². The minimum absolute atomic E-state index is 0.0143. The summed E-state index contributed by atoms with van der Waals surface area (Å²) in [5, 5.41) is 6.73. The Balaban J connectivity index is 1.62. The summed E-state index contributed by atoms with van der Waals surface area (Å²) >= 11 is 0. The Labute approximate surface area is 142 Å². The second-order valence-electron chi connectivity index (χ2n) is 4.79. The number of nitrogens with zero attached hydrogens (tertiary/aromatic N) is 4. The Bertz CT molecular complexity index is 870. The minimum Gasteiger partial charge on any atom is -0.463 e. The molecule has 0 aliphatic carbocycles. The first kappa shape index (κ1) is 15.9. The normalized spacial score (nSPS) is 10.7. The van der Waals surface area contributed by atoms with E-state index < -0.39 is 0 Å². The van der Waals surface area contributed by atoms with Crippen molar-refractivity contribution >= 4 is 35.7 Å². The molecule has 0 saturated carbocycles. The van der Waals surface area contributed by atoms with E-state index in [0.29, 0.717) is 17.0 Å². The van der Waals surface area contributed by atoms with Crippen molar-refractivity contribution in [2.75, 3.05) is 16.8 Å². The molecule has 0 fully saturated rings. The van der Waals surface area contributed by atoms with Crippen LogP contribution in [0.15, 0.2) is 52.2 Å². The highest BCUT2D eigenvalue weighted by Gasteiger charge is 2.06. The molecule has 0 radical (unpaired) electrons. The molecule has 1 amide bonds. The molecular formula is C15H14N8O2. The van der Waals surface area contributed by atoms with Crippen molar-refractivity contribution in [3.8, 4) is 0 Å². The van der Waals surface area contributed by atoms with Gasteiger partial charge in [0, 0.05) is 11.3 Å². The summed E-state index contributed by atoms with van der Waals surface area (Å²) in [6.45, 7) is 0. The van der Waals surface area contributed by atoms with Crippen molar-refractivity contribution in [1.29, 1.82) is 0 Å². The number of hydrogen-bond acceptors (Lipinski definition) is 9. The summed E-state index contributed by atoms with van der Waals surface area (Å²) < 4.78 is 5.07. The van der Waals surface area contributed by atoms with E-state index >= 15 is 0 Å². The lowest BCUT2D eigenvalue weighted by Crippen LogP contribution is -2.17. The molecule has 0 aliphatic rings. The highest BCUT2D eigenvalue weighted by molar-refractivity contribution is 5.95. The topological polar surface area (TPSA) is 157 Å². The van der Waals surface area contributed by atoms with Gasteiger partial charge < -0.3 is 21.2 Å². The lowest BCUT2D eigenvalue weighted by atomic mass is 10.2. The molecule has 3 rings (SSSR count). The molecule has 10 heteroatoms. The van der Waals surface area contributed by atoms with Gasteiger partial charge in [-0.25, -0.2) is 5.43 Å². The third-order valence-corrected chi connectivity index (χ3v) is 2.97. The third kappa shape index (κ3) is 4.28. The minimum atomic E-state index is -0.358. The van der Waals surface area contributed by atoms with Gasteiger partial charge in [0.2, 0.25) is 17.8 Å². The molecule has 0 unspecified atom stereocenters. The van der Waals surface area contributed by atoms with Crippen LogP contribution in [0.4, 0.5) is 23.5 Å². The number of hydrazone groups is 1. The summed E-state index contributed by atoms with van der Waals surface area (Å²) in [5.74, 6) is 0.421. The summed E-state index contributed by atoms with van der Waals surface area (Å²) in [7, 11) is 0. The van der Waals surface area contributed by atoms with Crippen LogP contribution in [-0.2, 0) is 0 Å². The van der Waals surface area contributed by atoms with Crippen LogP contribution in [0.25, 0.3) is 0 Å². The van der Waals surface area contributed by atoms with Gasteiger partial charge in [-0.05, 0) is 36.4 Å². The first-order chi connectivity index (χ1) is 12.1. The fourth-order valence-corrected chi connectivity index (χ4v) is 1.88. The molecule has 0 bridgehead atoms. The van der Waals surface area contributed by atoms with Crippen LogP contribution in [0.3, 0.4) is 0 Å². The first-order valence-corrected chi connectivity index (χ1v) is 7.11. The summed E-state index contributed by atoms with van der Waals surface area (Å²) in [5.41, 5.74) is 14.5. The van der Waals surface area contributed by atoms with Gasteiger partial charge in [0.1, 0.15) is 5.76 Å². The lowest BCUT2D eigenvalue weighted by Gasteiger charge is -2.06. The molecule has 3 aromatic rings. The van der Waals surface area contributed by atoms with Crippen LogP contribution in [-0.4, -0.2) is 27.1 Å². The fraction of sp³-hybridized carbons (Fsp3) is 0. The standard InChI is InChI=1S/C15H14N8O2/c16-13-20-14(17)22-15(21-13)19-10-5-3-9(4-6-10)12(24)23-18-8-11-2-1-7-25-11/h1-8H,(H,23,24)(H5,16,17,19,20,21,22)/b18-8+. The number of hydrogen-bond donors (Lipinski definition) is 4. The second kappa shape index (κ2) is 7.08. The van der Waals surface area contributed by atoms with Crippen molar-refractivity contribution in [3.05, 3.63) is 54.0 Å². The van der Waals surface area contributed by atoms with Gasteiger partial charge in [-0.2, -0.15) is 20.1 Å². The lowest BCUT2D eigenvalue weighted by molar-refractivity contribution is 0.0955. The number of furan rings is 1. The van der Waals surface area contributed by atoms with Gasteiger partial charge >= 0.3 is 0 Å². The average Bonchev–Trinajstić information content (AvgIpc) is 3.08. The van der Waals surface area contributed by atoms with Crippen LogP contribution in [0, 0.1) is 0 Å². The molecular weight excluding hydrogens is 324 g/mol. The molecule has 126 valence electrons. The van der Waals surface area contributed by atoms with Crippen molar-refractivity contribution in [2.24, 2.45) is 5.10 Å². The van der Waals surface area contributed by atoms with Crippen molar-refractivity contribution in [3.63, 3.8) is 0 Å². The van der Waals surface area contributed by atoms with E-state index in [1.54, 1.807) is 36.4 Å². The van der Waals surface area contributed by atoms with Crippen LogP contribution < -0.4 is 22.2 Å². The Hall–Kier alpha value is -3.95. The number of benzene rings is 1. The van der Waals surface area contributed by atoms with E-state index in [9.17, 15) is 4.79 Å². The van der Waals surface area contributed by atoms with Gasteiger partial charge in [0.25, 0.3) is 5.91 Å². The molecule has 1 aromatic carbocycles. The fourth-order valence-electron chi connectivity index (χ4n) is 1.88. The van der Waals surface area contributed by atoms with E-state index in [1.807, 2.05) is 0 Å². The predicted octanol–water partition coefficient (Wildman–Crippen LogP) is 1.14. The number of nitrogens with one attached hydrogen (secondary N) is 2. The maximum Gasteiger partial charge on any atom is 0.271 e. The second-order valence-corrected chi connectivity index (χ2v) is 4.79. The summed E-state index contributed by atoms with van der Waals surface area (Å²) in [6, 6.07) is 10.0. The van der Waals surface area contributed by atoms with Crippen LogP contribution in [0.1, 0.15) is 16.1 Å². The monoisotopic (exact) mass is 338 g/mol. The predicted molar refractivity (Wildman–Crippen MR) is 92.1 cm³/mol. The highest BCUT2D eigenvalue weighted by atomic mass is 16.3. The van der Waals surface area contributed by atoms with Gasteiger partial charge in [0.05, 0.1) is 12.5 Å². The Morgan fingerprint density at radius 1 is 1.08 bits per heavy atom. The molecule has 0 atom stereocenters. The molecule has 2 heterocycles. The van der Waals surface area contributed by atoms with Gasteiger partial charge in [-0.1, -0.05) is 0 Å². The van der Waals surface area contributed by atoms with Crippen LogP contribution >= 0.6 is 0 Å². The molecule has 0 spiro atoms. The summed E-state index contributed by atoms with van der Waals surface area (Å²) in [6.07, 6.45) is 2.92.